The van der Waals surface area contributed by atoms with Gasteiger partial charge in [-0.2, -0.15) is 30.7 Å². The Morgan fingerprint density at radius 2 is 1.19 bits per heavy atom. The first kappa shape index (κ1) is 15.5. The monoisotopic (exact) mass is 256 g/mol. The third kappa shape index (κ3) is 3.50. The summed E-state index contributed by atoms with van der Waals surface area (Å²) in [5.74, 6) is -11.4. The van der Waals surface area contributed by atoms with Crippen molar-refractivity contribution in [3.63, 3.8) is 0 Å². The average Bonchev–Trinajstić information content (AvgIpc) is 1.97. The molecule has 0 atom stereocenters. The van der Waals surface area contributed by atoms with E-state index < -0.39 is 30.2 Å². The lowest BCUT2D eigenvalue weighted by Crippen LogP contribution is -2.54. The standard InChI is InChI=1S/C8H11F7O/c1-5(2,3)16-4-6(9,10)7(11,12)8(13,14)15/h4H2,1-3H3. The molecule has 0 unspecified atom stereocenters. The van der Waals surface area contributed by atoms with E-state index in [0.29, 0.717) is 0 Å². The SMILES string of the molecule is CC(C)(C)OCC(F)(F)C(F)(F)C(F)(F)F. The molecule has 0 saturated carbocycles. The zero-order chi connectivity index (χ0) is 13.4. The van der Waals surface area contributed by atoms with Crippen molar-refractivity contribution in [3.05, 3.63) is 0 Å². The normalized spacial score (nSPS) is 15.4. The fraction of sp³-hybridized carbons (Fsp3) is 1.00. The molecule has 0 aromatic heterocycles. The van der Waals surface area contributed by atoms with Gasteiger partial charge in [0.05, 0.1) is 5.60 Å². The van der Waals surface area contributed by atoms with E-state index in [0.717, 1.165) is 0 Å². The van der Waals surface area contributed by atoms with Crippen molar-refractivity contribution in [2.24, 2.45) is 0 Å². The summed E-state index contributed by atoms with van der Waals surface area (Å²) in [5.41, 5.74) is -1.23. The smallest absolute Gasteiger partial charge is 0.369 e. The van der Waals surface area contributed by atoms with Crippen LogP contribution in [0, 0.1) is 0 Å². The maximum absolute atomic E-state index is 12.6. The number of hydrogen-bond acceptors (Lipinski definition) is 1. The first-order valence-electron chi connectivity index (χ1n) is 4.17. The fourth-order valence-electron chi connectivity index (χ4n) is 0.605. The Kier molecular flexibility index (Phi) is 3.91. The molecule has 0 aliphatic carbocycles. The molecule has 0 aliphatic rings. The first-order chi connectivity index (χ1) is 6.71. The van der Waals surface area contributed by atoms with Crippen molar-refractivity contribution in [1.82, 2.24) is 0 Å². The van der Waals surface area contributed by atoms with Crippen molar-refractivity contribution >= 4 is 0 Å². The van der Waals surface area contributed by atoms with Crippen molar-refractivity contribution in [1.29, 1.82) is 0 Å². The molecule has 16 heavy (non-hydrogen) atoms. The topological polar surface area (TPSA) is 9.23 Å². The second kappa shape index (κ2) is 4.05. The quantitative estimate of drug-likeness (QED) is 0.700. The minimum atomic E-state index is -6.31. The van der Waals surface area contributed by atoms with Gasteiger partial charge in [0.25, 0.3) is 0 Å². The van der Waals surface area contributed by atoms with Crippen LogP contribution in [-0.4, -0.2) is 30.2 Å². The highest BCUT2D eigenvalue weighted by Crippen LogP contribution is 2.46. The molecule has 0 rings (SSSR count). The molecule has 0 N–H and O–H groups in total. The van der Waals surface area contributed by atoms with Crippen LogP contribution in [0.4, 0.5) is 30.7 Å². The van der Waals surface area contributed by atoms with E-state index >= 15 is 0 Å². The summed E-state index contributed by atoms with van der Waals surface area (Å²) in [5, 5.41) is 0. The van der Waals surface area contributed by atoms with Crippen molar-refractivity contribution in [2.45, 2.75) is 44.4 Å². The zero-order valence-electron chi connectivity index (χ0n) is 8.76. The average molecular weight is 256 g/mol. The van der Waals surface area contributed by atoms with Crippen molar-refractivity contribution in [3.8, 4) is 0 Å². The van der Waals surface area contributed by atoms with Gasteiger partial charge in [0.15, 0.2) is 0 Å². The molecular formula is C8H11F7O. The molecule has 98 valence electrons. The number of rotatable bonds is 3. The lowest BCUT2D eigenvalue weighted by atomic mass is 10.1. The van der Waals surface area contributed by atoms with Crippen LogP contribution < -0.4 is 0 Å². The van der Waals surface area contributed by atoms with Crippen LogP contribution >= 0.6 is 0 Å². The highest BCUT2D eigenvalue weighted by Gasteiger charge is 2.73. The Morgan fingerprint density at radius 1 is 0.812 bits per heavy atom. The molecule has 0 bridgehead atoms. The van der Waals surface area contributed by atoms with E-state index in [1.807, 2.05) is 0 Å². The second-order valence-corrected chi connectivity index (χ2v) is 4.18. The molecule has 0 aromatic rings. The van der Waals surface area contributed by atoms with Crippen LogP contribution in [0.15, 0.2) is 0 Å². The largest absolute Gasteiger partial charge is 0.459 e. The lowest BCUT2D eigenvalue weighted by molar-refractivity contribution is -0.364. The van der Waals surface area contributed by atoms with Gasteiger partial charge in [0.1, 0.15) is 6.61 Å². The summed E-state index contributed by atoms with van der Waals surface area (Å²) in [7, 11) is 0. The minimum absolute atomic E-state index is 1.23. The van der Waals surface area contributed by atoms with Gasteiger partial charge >= 0.3 is 18.0 Å². The van der Waals surface area contributed by atoms with Gasteiger partial charge in [-0.05, 0) is 20.8 Å². The molecule has 0 spiro atoms. The second-order valence-electron chi connectivity index (χ2n) is 4.18. The Morgan fingerprint density at radius 3 is 1.44 bits per heavy atom. The highest BCUT2D eigenvalue weighted by atomic mass is 19.4. The van der Waals surface area contributed by atoms with Crippen LogP contribution in [0.2, 0.25) is 0 Å². The summed E-state index contributed by atoms with van der Waals surface area (Å²) in [4.78, 5) is 0. The van der Waals surface area contributed by atoms with Crippen LogP contribution in [0.3, 0.4) is 0 Å². The number of alkyl halides is 7. The molecule has 0 amide bonds. The van der Waals surface area contributed by atoms with Gasteiger partial charge in [0.2, 0.25) is 0 Å². The number of ether oxygens (including phenoxy) is 1. The summed E-state index contributed by atoms with van der Waals surface area (Å²) in [6.07, 6.45) is -6.31. The summed E-state index contributed by atoms with van der Waals surface area (Å²) >= 11 is 0. The van der Waals surface area contributed by atoms with Gasteiger partial charge in [-0.3, -0.25) is 0 Å². The van der Waals surface area contributed by atoms with Gasteiger partial charge in [0, 0.05) is 0 Å². The first-order valence-corrected chi connectivity index (χ1v) is 4.17. The zero-order valence-corrected chi connectivity index (χ0v) is 8.76. The summed E-state index contributed by atoms with van der Waals surface area (Å²) < 4.78 is 89.2. The minimum Gasteiger partial charge on any atom is -0.369 e. The molecular weight excluding hydrogens is 245 g/mol. The Balaban J connectivity index is 4.79. The van der Waals surface area contributed by atoms with Crippen LogP contribution in [0.25, 0.3) is 0 Å². The Labute approximate surface area is 87.6 Å². The predicted octanol–water partition coefficient (Wildman–Crippen LogP) is 3.63. The van der Waals surface area contributed by atoms with Gasteiger partial charge in [-0.15, -0.1) is 0 Å². The van der Waals surface area contributed by atoms with Gasteiger partial charge in [-0.25, -0.2) is 0 Å². The van der Waals surface area contributed by atoms with E-state index in [9.17, 15) is 30.7 Å². The van der Waals surface area contributed by atoms with E-state index in [4.69, 9.17) is 0 Å². The molecule has 8 heteroatoms. The molecule has 0 heterocycles. The van der Waals surface area contributed by atoms with E-state index in [2.05, 4.69) is 4.74 Å². The molecule has 0 aliphatic heterocycles. The molecule has 0 fully saturated rings. The van der Waals surface area contributed by atoms with E-state index in [-0.39, 0.29) is 0 Å². The summed E-state index contributed by atoms with van der Waals surface area (Å²) in [6, 6.07) is 0. The van der Waals surface area contributed by atoms with Crippen molar-refractivity contribution in [2.75, 3.05) is 6.61 Å². The molecule has 0 saturated heterocycles. The van der Waals surface area contributed by atoms with Gasteiger partial charge in [-0.1, -0.05) is 0 Å². The third-order valence-electron chi connectivity index (χ3n) is 1.50. The Bertz CT molecular complexity index is 238. The van der Waals surface area contributed by atoms with Gasteiger partial charge < -0.3 is 4.74 Å². The summed E-state index contributed by atoms with van der Waals surface area (Å²) in [6.45, 7) is 1.78. The molecule has 0 aromatic carbocycles. The van der Waals surface area contributed by atoms with Crippen LogP contribution in [0.5, 0.6) is 0 Å². The van der Waals surface area contributed by atoms with E-state index in [1.54, 1.807) is 0 Å². The van der Waals surface area contributed by atoms with Crippen LogP contribution in [-0.2, 0) is 4.74 Å². The predicted molar refractivity (Wildman–Crippen MR) is 41.7 cm³/mol. The van der Waals surface area contributed by atoms with Crippen LogP contribution in [0.1, 0.15) is 20.8 Å². The molecule has 0 radical (unpaired) electrons. The van der Waals surface area contributed by atoms with Crippen molar-refractivity contribution < 1.29 is 35.5 Å². The fourth-order valence-corrected chi connectivity index (χ4v) is 0.605. The van der Waals surface area contributed by atoms with E-state index in [1.165, 1.54) is 20.8 Å². The third-order valence-corrected chi connectivity index (χ3v) is 1.50. The lowest BCUT2D eigenvalue weighted by Gasteiger charge is -2.30. The highest BCUT2D eigenvalue weighted by molar-refractivity contribution is 4.91. The number of hydrogen-bond donors (Lipinski definition) is 0. The molecule has 1 nitrogen and oxygen atoms in total. The number of halogens is 7. The maximum Gasteiger partial charge on any atom is 0.459 e. The Hall–Kier alpha value is -0.530. The maximum atomic E-state index is 12.6.